The quantitative estimate of drug-likeness (QED) is 0.478. The summed E-state index contributed by atoms with van der Waals surface area (Å²) in [6, 6.07) is 24.0. The Kier molecular flexibility index (Phi) is 4.88. The highest BCUT2D eigenvalue weighted by molar-refractivity contribution is 5.72. The van der Waals surface area contributed by atoms with Gasteiger partial charge in [0.25, 0.3) is 0 Å². The summed E-state index contributed by atoms with van der Waals surface area (Å²) < 4.78 is 2.00. The van der Waals surface area contributed by atoms with Crippen LogP contribution in [0, 0.1) is 43.4 Å². The zero-order valence-electron chi connectivity index (χ0n) is 17.0. The third kappa shape index (κ3) is 3.03. The van der Waals surface area contributed by atoms with E-state index < -0.39 is 0 Å². The SMILES string of the molecule is Cc1ccccc1-c1nnc(-c2ccccc2)n1-c1c(C)cc(C#N)c(C#N)c1C. The van der Waals surface area contributed by atoms with Crippen LogP contribution in [0.2, 0.25) is 0 Å². The first kappa shape index (κ1) is 19.1. The molecule has 0 spiro atoms. The smallest absolute Gasteiger partial charge is 0.169 e. The van der Waals surface area contributed by atoms with Crippen molar-refractivity contribution in [1.29, 1.82) is 10.5 Å². The van der Waals surface area contributed by atoms with Gasteiger partial charge in [0.1, 0.15) is 12.1 Å². The lowest BCUT2D eigenvalue weighted by Gasteiger charge is -2.18. The summed E-state index contributed by atoms with van der Waals surface area (Å²) >= 11 is 0. The van der Waals surface area contributed by atoms with Crippen LogP contribution in [0.4, 0.5) is 0 Å². The Morgan fingerprint density at radius 1 is 0.767 bits per heavy atom. The van der Waals surface area contributed by atoms with E-state index in [-0.39, 0.29) is 0 Å². The monoisotopic (exact) mass is 389 g/mol. The number of aromatic nitrogens is 3. The van der Waals surface area contributed by atoms with Crippen LogP contribution in [0.3, 0.4) is 0 Å². The van der Waals surface area contributed by atoms with Gasteiger partial charge in [0.2, 0.25) is 0 Å². The van der Waals surface area contributed by atoms with Crippen molar-refractivity contribution >= 4 is 0 Å². The van der Waals surface area contributed by atoms with E-state index in [1.807, 2.05) is 79.9 Å². The molecule has 0 bridgehead atoms. The molecule has 0 aliphatic carbocycles. The van der Waals surface area contributed by atoms with Gasteiger partial charge < -0.3 is 0 Å². The maximum atomic E-state index is 9.72. The molecule has 1 aromatic heterocycles. The third-order valence-corrected chi connectivity index (χ3v) is 5.27. The maximum absolute atomic E-state index is 9.72. The number of nitriles is 2. The zero-order chi connectivity index (χ0) is 21.3. The van der Waals surface area contributed by atoms with Gasteiger partial charge in [0.15, 0.2) is 11.6 Å². The van der Waals surface area contributed by atoms with E-state index in [0.717, 1.165) is 33.5 Å². The van der Waals surface area contributed by atoms with Crippen molar-refractivity contribution in [3.8, 4) is 40.6 Å². The molecule has 0 amide bonds. The molecule has 0 saturated heterocycles. The predicted molar refractivity (Wildman–Crippen MR) is 116 cm³/mol. The highest BCUT2D eigenvalue weighted by Crippen LogP contribution is 2.34. The van der Waals surface area contributed by atoms with Gasteiger partial charge in [0.05, 0.1) is 16.8 Å². The van der Waals surface area contributed by atoms with Gasteiger partial charge in [-0.3, -0.25) is 4.57 Å². The second-order valence-corrected chi connectivity index (χ2v) is 7.18. The normalized spacial score (nSPS) is 10.4. The largest absolute Gasteiger partial charge is 0.274 e. The summed E-state index contributed by atoms with van der Waals surface area (Å²) in [6.45, 7) is 5.86. The molecule has 0 atom stereocenters. The molecule has 4 aromatic rings. The van der Waals surface area contributed by atoms with Crippen LogP contribution in [0.25, 0.3) is 28.5 Å². The molecule has 4 rings (SSSR count). The Hall–Kier alpha value is -4.22. The van der Waals surface area contributed by atoms with Crippen molar-refractivity contribution in [1.82, 2.24) is 14.8 Å². The number of hydrogen-bond acceptors (Lipinski definition) is 4. The summed E-state index contributed by atoms with van der Waals surface area (Å²) in [7, 11) is 0. The predicted octanol–water partition coefficient (Wildman–Crippen LogP) is 5.27. The molecule has 0 aliphatic rings. The minimum Gasteiger partial charge on any atom is -0.274 e. The fraction of sp³-hybridized carbons (Fsp3) is 0.120. The van der Waals surface area contributed by atoms with Crippen molar-refractivity contribution < 1.29 is 0 Å². The fourth-order valence-electron chi connectivity index (χ4n) is 3.82. The highest BCUT2D eigenvalue weighted by Gasteiger charge is 2.23. The van der Waals surface area contributed by atoms with Crippen LogP contribution in [0.15, 0.2) is 60.7 Å². The van der Waals surface area contributed by atoms with Crippen LogP contribution >= 0.6 is 0 Å². The lowest BCUT2D eigenvalue weighted by atomic mass is 9.97. The highest BCUT2D eigenvalue weighted by atomic mass is 15.3. The van der Waals surface area contributed by atoms with Crippen LogP contribution in [0.1, 0.15) is 27.8 Å². The number of rotatable bonds is 3. The molecule has 0 N–H and O–H groups in total. The van der Waals surface area contributed by atoms with E-state index in [9.17, 15) is 10.5 Å². The van der Waals surface area contributed by atoms with E-state index >= 15 is 0 Å². The molecule has 1 heterocycles. The third-order valence-electron chi connectivity index (χ3n) is 5.27. The average Bonchev–Trinajstić information content (AvgIpc) is 3.18. The van der Waals surface area contributed by atoms with E-state index in [2.05, 4.69) is 22.3 Å². The van der Waals surface area contributed by atoms with E-state index in [0.29, 0.717) is 22.8 Å². The van der Waals surface area contributed by atoms with Gasteiger partial charge in [0, 0.05) is 11.1 Å². The molecular weight excluding hydrogens is 370 g/mol. The summed E-state index contributed by atoms with van der Waals surface area (Å²) in [5.41, 5.74) is 6.17. The molecule has 144 valence electrons. The first-order valence-corrected chi connectivity index (χ1v) is 9.58. The Labute approximate surface area is 175 Å². The van der Waals surface area contributed by atoms with Gasteiger partial charge in [-0.25, -0.2) is 0 Å². The van der Waals surface area contributed by atoms with Crippen molar-refractivity contribution in [3.63, 3.8) is 0 Å². The standard InChI is InChI=1S/C25H19N5/c1-16-9-7-8-12-21(16)25-29-28-24(19-10-5-4-6-11-19)30(25)23-17(2)13-20(14-26)22(15-27)18(23)3/h4-13H,1-3H3. The van der Waals surface area contributed by atoms with Crippen LogP contribution < -0.4 is 0 Å². The van der Waals surface area contributed by atoms with Crippen molar-refractivity contribution in [2.75, 3.05) is 0 Å². The molecular formula is C25H19N5. The van der Waals surface area contributed by atoms with Crippen molar-refractivity contribution in [2.45, 2.75) is 20.8 Å². The second-order valence-electron chi connectivity index (χ2n) is 7.18. The lowest BCUT2D eigenvalue weighted by molar-refractivity contribution is 1.03. The molecule has 3 aromatic carbocycles. The Bertz CT molecular complexity index is 1330. The average molecular weight is 389 g/mol. The fourth-order valence-corrected chi connectivity index (χ4v) is 3.82. The first-order chi connectivity index (χ1) is 14.6. The number of benzene rings is 3. The minimum absolute atomic E-state index is 0.376. The molecule has 0 unspecified atom stereocenters. The molecule has 5 nitrogen and oxygen atoms in total. The van der Waals surface area contributed by atoms with Gasteiger partial charge in [-0.1, -0.05) is 54.6 Å². The number of aryl methyl sites for hydroxylation is 2. The maximum Gasteiger partial charge on any atom is 0.169 e. The zero-order valence-corrected chi connectivity index (χ0v) is 17.0. The molecule has 5 heteroatoms. The second kappa shape index (κ2) is 7.66. The van der Waals surface area contributed by atoms with Gasteiger partial charge in [-0.15, -0.1) is 10.2 Å². The summed E-state index contributed by atoms with van der Waals surface area (Å²) in [4.78, 5) is 0. The van der Waals surface area contributed by atoms with Crippen LogP contribution in [-0.2, 0) is 0 Å². The molecule has 30 heavy (non-hydrogen) atoms. The summed E-state index contributed by atoms with van der Waals surface area (Å²) in [6.07, 6.45) is 0. The van der Waals surface area contributed by atoms with E-state index in [1.54, 1.807) is 6.07 Å². The van der Waals surface area contributed by atoms with E-state index in [1.165, 1.54) is 0 Å². The lowest BCUT2D eigenvalue weighted by Crippen LogP contribution is -2.08. The summed E-state index contributed by atoms with van der Waals surface area (Å²) in [5, 5.41) is 28.3. The van der Waals surface area contributed by atoms with Gasteiger partial charge in [-0.05, 0) is 43.5 Å². The van der Waals surface area contributed by atoms with Crippen molar-refractivity contribution in [3.05, 3.63) is 88.5 Å². The van der Waals surface area contributed by atoms with E-state index in [4.69, 9.17) is 0 Å². The number of hydrogen-bond donors (Lipinski definition) is 0. The minimum atomic E-state index is 0.376. The van der Waals surface area contributed by atoms with Gasteiger partial charge in [-0.2, -0.15) is 10.5 Å². The molecule has 0 fully saturated rings. The Morgan fingerprint density at radius 3 is 2.10 bits per heavy atom. The first-order valence-electron chi connectivity index (χ1n) is 9.58. The molecule has 0 aliphatic heterocycles. The molecule has 0 saturated carbocycles. The topological polar surface area (TPSA) is 78.3 Å². The van der Waals surface area contributed by atoms with Crippen LogP contribution in [0.5, 0.6) is 0 Å². The Balaban J connectivity index is 2.12. The van der Waals surface area contributed by atoms with Crippen LogP contribution in [-0.4, -0.2) is 14.8 Å². The summed E-state index contributed by atoms with van der Waals surface area (Å²) in [5.74, 6) is 1.39. The van der Waals surface area contributed by atoms with Crippen molar-refractivity contribution in [2.24, 2.45) is 0 Å². The molecule has 0 radical (unpaired) electrons. The van der Waals surface area contributed by atoms with Gasteiger partial charge >= 0.3 is 0 Å². The Morgan fingerprint density at radius 2 is 1.43 bits per heavy atom. The number of nitrogens with zero attached hydrogens (tertiary/aromatic N) is 5.